The zero-order chi connectivity index (χ0) is 23.0. The number of alkyl halides is 6. The minimum Gasteiger partial charge on any atom is -0.381 e. The highest BCUT2D eigenvalue weighted by atomic mass is 32.2. The molecule has 0 radical (unpaired) electrons. The zero-order valence-corrected chi connectivity index (χ0v) is 16.3. The fraction of sp³-hybridized carbons (Fsp3) is 0.389. The molecule has 0 heterocycles. The van der Waals surface area contributed by atoms with Gasteiger partial charge in [0.05, 0.1) is 5.69 Å². The molecule has 0 saturated heterocycles. The van der Waals surface area contributed by atoms with E-state index in [1.807, 2.05) is 0 Å². The Morgan fingerprint density at radius 2 is 1.73 bits per heavy atom. The van der Waals surface area contributed by atoms with Gasteiger partial charge in [0.1, 0.15) is 5.76 Å². The molecule has 1 aromatic carbocycles. The van der Waals surface area contributed by atoms with Gasteiger partial charge in [-0.05, 0) is 44.4 Å². The third-order valence-corrected chi connectivity index (χ3v) is 4.44. The third kappa shape index (κ3) is 7.98. The van der Waals surface area contributed by atoms with Crippen molar-refractivity contribution in [2.24, 2.45) is 0 Å². The Labute approximate surface area is 169 Å². The van der Waals surface area contributed by atoms with Crippen LogP contribution in [0.3, 0.4) is 0 Å². The topological polar surface area (TPSA) is 72.5 Å². The van der Waals surface area contributed by atoms with Gasteiger partial charge in [0.15, 0.2) is 0 Å². The molecule has 0 saturated carbocycles. The maximum Gasteiger partial charge on any atom is 0.534 e. The van der Waals surface area contributed by atoms with E-state index in [2.05, 4.69) is 16.0 Å². The van der Waals surface area contributed by atoms with Crippen molar-refractivity contribution in [3.8, 4) is 11.8 Å². The molecule has 2 rings (SSSR count). The lowest BCUT2D eigenvalue weighted by Gasteiger charge is -2.14. The van der Waals surface area contributed by atoms with E-state index in [1.54, 1.807) is 18.3 Å². The van der Waals surface area contributed by atoms with E-state index in [9.17, 15) is 39.6 Å². The number of carbonyl (C=O) groups excluding carboxylic acids is 1. The van der Waals surface area contributed by atoms with Crippen LogP contribution >= 0.6 is 0 Å². The molecule has 1 aliphatic carbocycles. The van der Waals surface area contributed by atoms with Crippen LogP contribution in [0.15, 0.2) is 36.1 Å². The Balaban J connectivity index is 0.000000303. The monoisotopic (exact) mass is 457 g/mol. The van der Waals surface area contributed by atoms with E-state index in [0.29, 0.717) is 18.4 Å². The fourth-order valence-electron chi connectivity index (χ4n) is 2.10. The van der Waals surface area contributed by atoms with Crippen LogP contribution < -0.4 is 5.32 Å². The van der Waals surface area contributed by atoms with Crippen LogP contribution in [0, 0.1) is 11.8 Å². The van der Waals surface area contributed by atoms with Gasteiger partial charge in [-0.1, -0.05) is 18.1 Å². The molecule has 0 aromatic heterocycles. The molecule has 0 unspecified atom stereocenters. The zero-order valence-electron chi connectivity index (χ0n) is 15.5. The molecule has 1 aromatic rings. The Hall–Kier alpha value is -2.68. The maximum atomic E-state index is 12.0. The number of para-hydroxylation sites is 1. The largest absolute Gasteiger partial charge is 0.534 e. The van der Waals surface area contributed by atoms with Crippen molar-refractivity contribution in [1.29, 1.82) is 0 Å². The molecule has 0 fully saturated rings. The Morgan fingerprint density at radius 1 is 1.10 bits per heavy atom. The van der Waals surface area contributed by atoms with Gasteiger partial charge < -0.3 is 9.50 Å². The third-order valence-electron chi connectivity index (χ3n) is 3.44. The molecule has 5 nitrogen and oxygen atoms in total. The second-order valence-electron chi connectivity index (χ2n) is 5.77. The van der Waals surface area contributed by atoms with Gasteiger partial charge in [-0.2, -0.15) is 34.8 Å². The summed E-state index contributed by atoms with van der Waals surface area (Å²) in [5, 5.41) is 1.77. The van der Waals surface area contributed by atoms with Gasteiger partial charge in [-0.15, -0.1) is 5.92 Å². The SMILES string of the molecule is CC#Cc1ccccc1NC(=O)C(F)(F)F.O=S(=O)(OC1=CCCCC1)C(F)(F)F. The smallest absolute Gasteiger partial charge is 0.381 e. The van der Waals surface area contributed by atoms with Gasteiger partial charge in [-0.3, -0.25) is 4.79 Å². The van der Waals surface area contributed by atoms with Crippen molar-refractivity contribution in [3.05, 3.63) is 41.7 Å². The maximum absolute atomic E-state index is 12.0. The quantitative estimate of drug-likeness (QED) is 0.304. The highest BCUT2D eigenvalue weighted by Crippen LogP contribution is 2.29. The normalized spacial score (nSPS) is 14.3. The Morgan fingerprint density at radius 3 is 2.23 bits per heavy atom. The van der Waals surface area contributed by atoms with Crippen molar-refractivity contribution in [1.82, 2.24) is 0 Å². The fourth-order valence-corrected chi connectivity index (χ4v) is 2.63. The number of amides is 1. The van der Waals surface area contributed by atoms with Crippen molar-refractivity contribution in [3.63, 3.8) is 0 Å². The first-order chi connectivity index (χ1) is 13.8. The highest BCUT2D eigenvalue weighted by molar-refractivity contribution is 7.87. The number of allylic oxidation sites excluding steroid dienone is 2. The van der Waals surface area contributed by atoms with E-state index < -0.39 is 27.7 Å². The lowest BCUT2D eigenvalue weighted by molar-refractivity contribution is -0.167. The molecule has 0 aliphatic heterocycles. The second-order valence-corrected chi connectivity index (χ2v) is 7.31. The summed E-state index contributed by atoms with van der Waals surface area (Å²) in [6.45, 7) is 1.56. The average molecular weight is 457 g/mol. The van der Waals surface area contributed by atoms with Crippen molar-refractivity contribution in [2.45, 2.75) is 44.3 Å². The molecule has 0 spiro atoms. The van der Waals surface area contributed by atoms with E-state index in [0.717, 1.165) is 6.42 Å². The molecule has 1 aliphatic rings. The summed E-state index contributed by atoms with van der Waals surface area (Å²) in [6.07, 6.45) is -1.21. The van der Waals surface area contributed by atoms with Crippen molar-refractivity contribution < 1.29 is 43.7 Å². The summed E-state index contributed by atoms with van der Waals surface area (Å²) in [6, 6.07) is 6.04. The number of hydrogen-bond donors (Lipinski definition) is 1. The second kappa shape index (κ2) is 10.4. The molecular weight excluding hydrogens is 440 g/mol. The molecule has 166 valence electrons. The van der Waals surface area contributed by atoms with Gasteiger partial charge >= 0.3 is 27.7 Å². The highest BCUT2D eigenvalue weighted by Gasteiger charge is 2.48. The lowest BCUT2D eigenvalue weighted by Crippen LogP contribution is -2.30. The number of halogens is 6. The molecule has 12 heteroatoms. The molecule has 1 amide bonds. The standard InChI is InChI=1S/C11H8F3NO.C7H9F3O3S/c1-2-5-8-6-3-4-7-9(8)15-10(16)11(12,13)14;8-7(9,10)14(11,12)13-6-4-2-1-3-5-6/h3-4,6-7H,1H3,(H,15,16);4H,1-3,5H2. The summed E-state index contributed by atoms with van der Waals surface area (Å²) in [5.74, 6) is 3.05. The lowest BCUT2D eigenvalue weighted by atomic mass is 10.1. The van der Waals surface area contributed by atoms with E-state index in [4.69, 9.17) is 0 Å². The van der Waals surface area contributed by atoms with Crippen LogP contribution in [0.5, 0.6) is 0 Å². The summed E-state index contributed by atoms with van der Waals surface area (Å²) >= 11 is 0. The molecule has 1 N–H and O–H groups in total. The minimum absolute atomic E-state index is 0.0548. The van der Waals surface area contributed by atoms with Crippen LogP contribution in [0.25, 0.3) is 0 Å². The van der Waals surface area contributed by atoms with Crippen LogP contribution in [-0.2, 0) is 19.1 Å². The Bertz CT molecular complexity index is 940. The Kier molecular flexibility index (Phi) is 8.77. The summed E-state index contributed by atoms with van der Waals surface area (Å²) in [7, 11) is -5.47. The van der Waals surface area contributed by atoms with Gasteiger partial charge in [-0.25, -0.2) is 0 Å². The molecular formula is C18H17F6NO4S. The van der Waals surface area contributed by atoms with Gasteiger partial charge in [0.25, 0.3) is 0 Å². The van der Waals surface area contributed by atoms with E-state index in [-0.39, 0.29) is 17.9 Å². The number of hydrogen-bond acceptors (Lipinski definition) is 4. The average Bonchev–Trinajstić information content (AvgIpc) is 2.63. The van der Waals surface area contributed by atoms with Crippen LogP contribution in [0.1, 0.15) is 38.2 Å². The number of benzene rings is 1. The number of rotatable bonds is 3. The minimum atomic E-state index is -5.47. The van der Waals surface area contributed by atoms with Gasteiger partial charge in [0, 0.05) is 12.0 Å². The summed E-state index contributed by atoms with van der Waals surface area (Å²) in [5.41, 5.74) is -4.94. The molecule has 30 heavy (non-hydrogen) atoms. The van der Waals surface area contributed by atoms with Crippen LogP contribution in [-0.4, -0.2) is 26.0 Å². The first kappa shape index (κ1) is 25.4. The van der Waals surface area contributed by atoms with Crippen molar-refractivity contribution in [2.75, 3.05) is 5.32 Å². The summed E-state index contributed by atoms with van der Waals surface area (Å²) < 4.78 is 96.6. The summed E-state index contributed by atoms with van der Waals surface area (Å²) in [4.78, 5) is 10.7. The van der Waals surface area contributed by atoms with E-state index >= 15 is 0 Å². The first-order valence-corrected chi connectivity index (χ1v) is 9.78. The molecule has 0 bridgehead atoms. The molecule has 0 atom stereocenters. The number of anilines is 1. The van der Waals surface area contributed by atoms with E-state index in [1.165, 1.54) is 24.3 Å². The number of carbonyl (C=O) groups is 1. The van der Waals surface area contributed by atoms with Crippen molar-refractivity contribution >= 4 is 21.7 Å². The predicted molar refractivity (Wildman–Crippen MR) is 96.3 cm³/mol. The van der Waals surface area contributed by atoms with Crippen LogP contribution in [0.4, 0.5) is 32.0 Å². The first-order valence-electron chi connectivity index (χ1n) is 8.37. The number of nitrogens with one attached hydrogen (secondary N) is 1. The van der Waals surface area contributed by atoms with Crippen LogP contribution in [0.2, 0.25) is 0 Å². The predicted octanol–water partition coefficient (Wildman–Crippen LogP) is 4.87. The van der Waals surface area contributed by atoms with Gasteiger partial charge in [0.2, 0.25) is 0 Å².